The number of carbonyl (C=O) groups is 2. The predicted molar refractivity (Wildman–Crippen MR) is 136 cm³/mol. The molecule has 32 heavy (non-hydrogen) atoms. The first kappa shape index (κ1) is 23.2. The standard InChI is InChI=1S/C24H19BrCl2N2O2S/c1-13-8-18(5-6-19(13)25)29-14(2)9-17(15(29)3)11-22-23(30)28(24(31)32-22)12-16-4-7-20(26)21(27)10-16/h4-11H,12H2,1-3H3/b22-11-. The maximum absolute atomic E-state index is 13.0. The molecule has 4 rings (SSSR count). The Hall–Kier alpha value is -1.99. The highest BCUT2D eigenvalue weighted by molar-refractivity contribution is 9.10. The van der Waals surface area contributed by atoms with Gasteiger partial charge in [-0.3, -0.25) is 14.5 Å². The Kier molecular flexibility index (Phi) is 6.59. The lowest BCUT2D eigenvalue weighted by molar-refractivity contribution is -0.123. The molecule has 8 heteroatoms. The van der Waals surface area contributed by atoms with Gasteiger partial charge in [0.1, 0.15) is 0 Å². The number of halogens is 3. The number of nitrogens with zero attached hydrogens (tertiary/aromatic N) is 2. The first-order valence-corrected chi connectivity index (χ1v) is 12.2. The van der Waals surface area contributed by atoms with Gasteiger partial charge in [0.25, 0.3) is 11.1 Å². The van der Waals surface area contributed by atoms with Crippen LogP contribution in [0.1, 0.15) is 28.1 Å². The van der Waals surface area contributed by atoms with Crippen molar-refractivity contribution in [2.45, 2.75) is 27.3 Å². The highest BCUT2D eigenvalue weighted by Crippen LogP contribution is 2.35. The third-order valence-corrected chi connectivity index (χ3v) is 7.89. The second-order valence-corrected chi connectivity index (χ2v) is 10.3. The van der Waals surface area contributed by atoms with Crippen LogP contribution in [0.5, 0.6) is 0 Å². The van der Waals surface area contributed by atoms with Gasteiger partial charge < -0.3 is 4.57 Å². The molecule has 4 nitrogen and oxygen atoms in total. The van der Waals surface area contributed by atoms with E-state index in [2.05, 4.69) is 26.6 Å². The van der Waals surface area contributed by atoms with Crippen molar-refractivity contribution < 1.29 is 9.59 Å². The fraction of sp³-hybridized carbons (Fsp3) is 0.167. The van der Waals surface area contributed by atoms with Gasteiger partial charge in [-0.2, -0.15) is 0 Å². The summed E-state index contributed by atoms with van der Waals surface area (Å²) < 4.78 is 3.20. The molecule has 2 heterocycles. The van der Waals surface area contributed by atoms with Crippen LogP contribution in [0.2, 0.25) is 10.0 Å². The van der Waals surface area contributed by atoms with Crippen LogP contribution in [-0.4, -0.2) is 20.6 Å². The molecule has 0 aliphatic carbocycles. The summed E-state index contributed by atoms with van der Waals surface area (Å²) in [6, 6.07) is 13.3. The largest absolute Gasteiger partial charge is 0.318 e. The number of imide groups is 1. The van der Waals surface area contributed by atoms with Crippen LogP contribution in [0.4, 0.5) is 4.79 Å². The second-order valence-electron chi connectivity index (χ2n) is 7.61. The van der Waals surface area contributed by atoms with Crippen LogP contribution in [0, 0.1) is 20.8 Å². The van der Waals surface area contributed by atoms with Crippen molar-refractivity contribution >= 4 is 68.1 Å². The Labute approximate surface area is 209 Å². The van der Waals surface area contributed by atoms with Crippen LogP contribution in [-0.2, 0) is 11.3 Å². The molecular weight excluding hydrogens is 531 g/mol. The molecule has 0 atom stereocenters. The third-order valence-electron chi connectivity index (χ3n) is 5.35. The number of thioether (sulfide) groups is 1. The zero-order chi connectivity index (χ0) is 23.2. The van der Waals surface area contributed by atoms with E-state index in [4.69, 9.17) is 23.2 Å². The van der Waals surface area contributed by atoms with E-state index in [9.17, 15) is 9.59 Å². The summed E-state index contributed by atoms with van der Waals surface area (Å²) in [5.41, 5.74) is 5.88. The lowest BCUT2D eigenvalue weighted by Crippen LogP contribution is -2.27. The van der Waals surface area contributed by atoms with Crippen molar-refractivity contribution in [3.05, 3.63) is 90.0 Å². The first-order chi connectivity index (χ1) is 15.2. The lowest BCUT2D eigenvalue weighted by Gasteiger charge is -2.13. The molecule has 2 aromatic carbocycles. The van der Waals surface area contributed by atoms with Crippen molar-refractivity contribution in [3.8, 4) is 5.69 Å². The first-order valence-electron chi connectivity index (χ1n) is 9.80. The molecule has 3 aromatic rings. The Morgan fingerprint density at radius 2 is 1.75 bits per heavy atom. The average molecular weight is 550 g/mol. The van der Waals surface area contributed by atoms with Gasteiger partial charge in [0, 0.05) is 21.5 Å². The van der Waals surface area contributed by atoms with Gasteiger partial charge in [0.15, 0.2) is 0 Å². The molecule has 0 spiro atoms. The van der Waals surface area contributed by atoms with Crippen molar-refractivity contribution in [3.63, 3.8) is 0 Å². The van der Waals surface area contributed by atoms with E-state index in [1.165, 1.54) is 4.90 Å². The fourth-order valence-electron chi connectivity index (χ4n) is 3.70. The fourth-order valence-corrected chi connectivity index (χ4v) is 5.09. The summed E-state index contributed by atoms with van der Waals surface area (Å²) in [4.78, 5) is 27.2. The average Bonchev–Trinajstić information content (AvgIpc) is 3.16. The number of aryl methyl sites for hydroxylation is 2. The number of aromatic nitrogens is 1. The maximum atomic E-state index is 13.0. The van der Waals surface area contributed by atoms with E-state index < -0.39 is 0 Å². The van der Waals surface area contributed by atoms with E-state index in [1.54, 1.807) is 24.3 Å². The van der Waals surface area contributed by atoms with E-state index in [-0.39, 0.29) is 17.7 Å². The van der Waals surface area contributed by atoms with Crippen LogP contribution in [0.25, 0.3) is 11.8 Å². The summed E-state index contributed by atoms with van der Waals surface area (Å²) in [5, 5.41) is 0.521. The van der Waals surface area contributed by atoms with Gasteiger partial charge in [0.05, 0.1) is 21.5 Å². The maximum Gasteiger partial charge on any atom is 0.293 e. The van der Waals surface area contributed by atoms with Crippen molar-refractivity contribution in [1.82, 2.24) is 9.47 Å². The topological polar surface area (TPSA) is 42.3 Å². The zero-order valence-electron chi connectivity index (χ0n) is 17.6. The van der Waals surface area contributed by atoms with E-state index >= 15 is 0 Å². The van der Waals surface area contributed by atoms with E-state index in [1.807, 2.05) is 39.0 Å². The molecule has 164 valence electrons. The molecule has 0 N–H and O–H groups in total. The molecule has 0 saturated carbocycles. The number of rotatable bonds is 4. The minimum atomic E-state index is -0.310. The third kappa shape index (κ3) is 4.42. The summed E-state index contributed by atoms with van der Waals surface area (Å²) in [7, 11) is 0. The van der Waals surface area contributed by atoms with Crippen LogP contribution in [0.15, 0.2) is 51.8 Å². The van der Waals surface area contributed by atoms with Gasteiger partial charge in [0.2, 0.25) is 0 Å². The lowest BCUT2D eigenvalue weighted by atomic mass is 10.2. The predicted octanol–water partition coefficient (Wildman–Crippen LogP) is 7.71. The number of hydrogen-bond acceptors (Lipinski definition) is 3. The Bertz CT molecular complexity index is 1300. The van der Waals surface area contributed by atoms with Gasteiger partial charge in [-0.05, 0) is 91.7 Å². The molecular formula is C24H19BrCl2N2O2S. The minimum Gasteiger partial charge on any atom is -0.318 e. The molecule has 0 radical (unpaired) electrons. The summed E-state index contributed by atoms with van der Waals surface area (Å²) in [6.07, 6.45) is 1.80. The van der Waals surface area contributed by atoms with Crippen molar-refractivity contribution in [1.29, 1.82) is 0 Å². The SMILES string of the molecule is Cc1cc(-n2c(C)cc(/C=C3\SC(=O)N(Cc4ccc(Cl)c(Cl)c4)C3=O)c2C)ccc1Br. The molecule has 2 amide bonds. The van der Waals surface area contributed by atoms with E-state index in [0.717, 1.165) is 50.0 Å². The number of amides is 2. The van der Waals surface area contributed by atoms with Gasteiger partial charge in [-0.15, -0.1) is 0 Å². The molecule has 0 unspecified atom stereocenters. The summed E-state index contributed by atoms with van der Waals surface area (Å²) in [5.74, 6) is -0.310. The van der Waals surface area contributed by atoms with Gasteiger partial charge in [-0.1, -0.05) is 45.2 Å². The number of hydrogen-bond donors (Lipinski definition) is 0. The van der Waals surface area contributed by atoms with Crippen LogP contribution in [0.3, 0.4) is 0 Å². The summed E-state index contributed by atoms with van der Waals surface area (Å²) >= 11 is 16.5. The highest BCUT2D eigenvalue weighted by Gasteiger charge is 2.35. The van der Waals surface area contributed by atoms with Crippen LogP contribution < -0.4 is 0 Å². The minimum absolute atomic E-state index is 0.149. The Morgan fingerprint density at radius 3 is 2.44 bits per heavy atom. The Balaban J connectivity index is 1.63. The van der Waals surface area contributed by atoms with Gasteiger partial charge >= 0.3 is 0 Å². The quantitative estimate of drug-likeness (QED) is 0.313. The normalized spacial score (nSPS) is 15.3. The molecule has 0 bridgehead atoms. The summed E-state index contributed by atoms with van der Waals surface area (Å²) in [6.45, 7) is 6.23. The molecule has 1 saturated heterocycles. The van der Waals surface area contributed by atoms with Crippen molar-refractivity contribution in [2.75, 3.05) is 0 Å². The molecule has 1 aliphatic rings. The highest BCUT2D eigenvalue weighted by atomic mass is 79.9. The Morgan fingerprint density at radius 1 is 1.00 bits per heavy atom. The monoisotopic (exact) mass is 548 g/mol. The van der Waals surface area contributed by atoms with Crippen molar-refractivity contribution in [2.24, 2.45) is 0 Å². The molecule has 1 fully saturated rings. The number of carbonyl (C=O) groups excluding carboxylic acids is 2. The number of benzene rings is 2. The smallest absolute Gasteiger partial charge is 0.293 e. The molecule has 1 aliphatic heterocycles. The zero-order valence-corrected chi connectivity index (χ0v) is 21.5. The van der Waals surface area contributed by atoms with Crippen LogP contribution >= 0.6 is 50.9 Å². The molecule has 1 aromatic heterocycles. The van der Waals surface area contributed by atoms with E-state index in [0.29, 0.717) is 15.0 Å². The second kappa shape index (κ2) is 9.10. The van der Waals surface area contributed by atoms with Gasteiger partial charge in [-0.25, -0.2) is 0 Å².